The van der Waals surface area contributed by atoms with E-state index >= 15 is 0 Å². The van der Waals surface area contributed by atoms with Crippen molar-refractivity contribution in [2.45, 2.75) is 64.0 Å². The second-order valence-electron chi connectivity index (χ2n) is 8.36. The molecule has 0 aromatic carbocycles. The number of carbonyl (C=O) groups is 3. The maximum absolute atomic E-state index is 12.8. The Morgan fingerprint density at radius 3 is 2.21 bits per heavy atom. The molecule has 3 fully saturated rings. The summed E-state index contributed by atoms with van der Waals surface area (Å²) in [7, 11) is 0. The van der Waals surface area contributed by atoms with Crippen LogP contribution in [0.3, 0.4) is 0 Å². The summed E-state index contributed by atoms with van der Waals surface area (Å²) in [6.07, 6.45) is 5.64. The van der Waals surface area contributed by atoms with E-state index in [0.29, 0.717) is 39.1 Å². The van der Waals surface area contributed by atoms with Crippen LogP contribution in [-0.4, -0.2) is 83.8 Å². The fraction of sp³-hybridized carbons (Fsp3) is 0.810. The van der Waals surface area contributed by atoms with Gasteiger partial charge in [0, 0.05) is 51.1 Å². The van der Waals surface area contributed by atoms with Crippen molar-refractivity contribution in [1.82, 2.24) is 20.0 Å². The summed E-state index contributed by atoms with van der Waals surface area (Å²) < 4.78 is 0. The van der Waals surface area contributed by atoms with Crippen LogP contribution in [-0.2, 0) is 14.4 Å². The minimum Gasteiger partial charge on any atom is -0.339 e. The second-order valence-corrected chi connectivity index (χ2v) is 8.36. The third kappa shape index (κ3) is 5.27. The van der Waals surface area contributed by atoms with E-state index in [0.717, 1.165) is 38.5 Å². The molecule has 0 aromatic heterocycles. The van der Waals surface area contributed by atoms with Gasteiger partial charge in [0.2, 0.25) is 17.7 Å². The number of likely N-dealkylation sites (tertiary alicyclic amines) is 1. The number of hydrogen-bond acceptors (Lipinski definition) is 5. The number of piperazine rings is 1. The van der Waals surface area contributed by atoms with Gasteiger partial charge in [-0.05, 0) is 38.5 Å². The molecule has 0 spiro atoms. The van der Waals surface area contributed by atoms with Crippen LogP contribution in [0.5, 0.6) is 0 Å². The fourth-order valence-corrected chi connectivity index (χ4v) is 4.74. The van der Waals surface area contributed by atoms with Crippen molar-refractivity contribution in [1.29, 1.82) is 5.26 Å². The highest BCUT2D eigenvalue weighted by Crippen LogP contribution is 2.26. The van der Waals surface area contributed by atoms with Gasteiger partial charge in [0.15, 0.2) is 0 Å². The minimum absolute atomic E-state index is 0.00625. The first-order valence-electron chi connectivity index (χ1n) is 11.0. The molecule has 3 aliphatic rings. The van der Waals surface area contributed by atoms with Crippen LogP contribution in [0.4, 0.5) is 0 Å². The average Bonchev–Trinajstić information content (AvgIpc) is 3.26. The summed E-state index contributed by atoms with van der Waals surface area (Å²) in [6, 6.07) is 2.19. The maximum Gasteiger partial charge on any atom is 0.237 e. The van der Waals surface area contributed by atoms with Gasteiger partial charge in [-0.25, -0.2) is 0 Å². The number of hydrogen-bond donors (Lipinski definition) is 1. The largest absolute Gasteiger partial charge is 0.339 e. The highest BCUT2D eigenvalue weighted by atomic mass is 16.2. The van der Waals surface area contributed by atoms with Gasteiger partial charge in [-0.2, -0.15) is 5.26 Å². The Balaban J connectivity index is 1.37. The molecule has 2 aliphatic heterocycles. The lowest BCUT2D eigenvalue weighted by molar-refractivity contribution is -0.142. The Labute approximate surface area is 173 Å². The zero-order valence-corrected chi connectivity index (χ0v) is 17.4. The molecule has 2 heterocycles. The van der Waals surface area contributed by atoms with Gasteiger partial charge in [0.05, 0.1) is 12.6 Å². The average molecular weight is 404 g/mol. The number of amides is 3. The molecule has 1 atom stereocenters. The zero-order valence-electron chi connectivity index (χ0n) is 17.4. The van der Waals surface area contributed by atoms with E-state index < -0.39 is 0 Å². The van der Waals surface area contributed by atoms with Crippen molar-refractivity contribution >= 4 is 17.7 Å². The number of carbonyl (C=O) groups excluding carboxylic acids is 3. The smallest absolute Gasteiger partial charge is 0.237 e. The lowest BCUT2D eigenvalue weighted by Gasteiger charge is -2.38. The molecule has 0 radical (unpaired) electrons. The van der Waals surface area contributed by atoms with Gasteiger partial charge in [-0.1, -0.05) is 6.92 Å². The lowest BCUT2D eigenvalue weighted by Crippen LogP contribution is -2.52. The Morgan fingerprint density at radius 2 is 1.59 bits per heavy atom. The van der Waals surface area contributed by atoms with Crippen molar-refractivity contribution in [3.05, 3.63) is 0 Å². The molecule has 2 saturated heterocycles. The zero-order chi connectivity index (χ0) is 20.8. The Morgan fingerprint density at radius 1 is 0.931 bits per heavy atom. The summed E-state index contributed by atoms with van der Waals surface area (Å²) in [5, 5.41) is 12.5. The molecular weight excluding hydrogens is 370 g/mol. The van der Waals surface area contributed by atoms with Crippen LogP contribution >= 0.6 is 0 Å². The molecule has 1 aliphatic carbocycles. The van der Waals surface area contributed by atoms with Gasteiger partial charge in [0.25, 0.3) is 0 Å². The first kappa shape index (κ1) is 21.6. The third-order valence-electron chi connectivity index (χ3n) is 6.59. The molecule has 160 valence electrons. The van der Waals surface area contributed by atoms with E-state index in [2.05, 4.69) is 11.4 Å². The Kier molecular flexibility index (Phi) is 7.48. The first-order chi connectivity index (χ1) is 14.0. The SMILES string of the molecule is CCC(=O)N1CCN(C(=O)C2CCC(NCC(=O)N3CCC[C@H]3C#N)CC2)CC1. The molecule has 3 rings (SSSR count). The molecule has 0 bridgehead atoms. The molecular formula is C21H33N5O3. The van der Waals surface area contributed by atoms with Crippen LogP contribution in [0.1, 0.15) is 51.9 Å². The highest BCUT2D eigenvalue weighted by Gasteiger charge is 2.33. The number of rotatable bonds is 5. The maximum atomic E-state index is 12.8. The molecule has 8 nitrogen and oxygen atoms in total. The number of nitrogens with zero attached hydrogens (tertiary/aromatic N) is 4. The van der Waals surface area contributed by atoms with Crippen LogP contribution in [0.15, 0.2) is 0 Å². The minimum atomic E-state index is -0.272. The van der Waals surface area contributed by atoms with Gasteiger partial charge in [-0.3, -0.25) is 14.4 Å². The molecule has 0 unspecified atom stereocenters. The fourth-order valence-electron chi connectivity index (χ4n) is 4.74. The molecule has 1 saturated carbocycles. The summed E-state index contributed by atoms with van der Waals surface area (Å²) >= 11 is 0. The third-order valence-corrected chi connectivity index (χ3v) is 6.59. The first-order valence-corrected chi connectivity index (χ1v) is 11.0. The summed E-state index contributed by atoms with van der Waals surface area (Å²) in [6.45, 7) is 5.36. The van der Waals surface area contributed by atoms with Crippen LogP contribution in [0, 0.1) is 17.2 Å². The Hall–Kier alpha value is -2.14. The van der Waals surface area contributed by atoms with Gasteiger partial charge in [-0.15, -0.1) is 0 Å². The van der Waals surface area contributed by atoms with E-state index in [1.165, 1.54) is 0 Å². The standard InChI is InChI=1S/C21H33N5O3/c1-2-19(27)24-10-12-25(13-11-24)21(29)16-5-7-17(8-6-16)23-15-20(28)26-9-3-4-18(26)14-22/h16-18,23H,2-13,15H2,1H3/t16?,17?,18-/m0/s1. The topological polar surface area (TPSA) is 96.8 Å². The van der Waals surface area contributed by atoms with Crippen molar-refractivity contribution in [3.63, 3.8) is 0 Å². The predicted molar refractivity (Wildman–Crippen MR) is 108 cm³/mol. The van der Waals surface area contributed by atoms with Crippen molar-refractivity contribution < 1.29 is 14.4 Å². The van der Waals surface area contributed by atoms with E-state index in [4.69, 9.17) is 5.26 Å². The molecule has 8 heteroatoms. The van der Waals surface area contributed by atoms with Crippen molar-refractivity contribution in [2.75, 3.05) is 39.3 Å². The van der Waals surface area contributed by atoms with E-state index in [1.54, 1.807) is 4.90 Å². The van der Waals surface area contributed by atoms with Crippen LogP contribution in [0.2, 0.25) is 0 Å². The number of nitrogens with one attached hydrogen (secondary N) is 1. The van der Waals surface area contributed by atoms with E-state index in [-0.39, 0.29) is 42.3 Å². The van der Waals surface area contributed by atoms with Crippen LogP contribution < -0.4 is 5.32 Å². The van der Waals surface area contributed by atoms with Crippen LogP contribution in [0.25, 0.3) is 0 Å². The lowest BCUT2D eigenvalue weighted by atomic mass is 9.85. The Bertz CT molecular complexity index is 645. The second kappa shape index (κ2) is 10.1. The van der Waals surface area contributed by atoms with E-state index in [9.17, 15) is 14.4 Å². The molecule has 3 amide bonds. The van der Waals surface area contributed by atoms with Crippen molar-refractivity contribution in [3.8, 4) is 6.07 Å². The van der Waals surface area contributed by atoms with Gasteiger partial charge in [0.1, 0.15) is 6.04 Å². The van der Waals surface area contributed by atoms with Gasteiger partial charge >= 0.3 is 0 Å². The molecule has 1 N–H and O–H groups in total. The number of nitriles is 1. The molecule has 29 heavy (non-hydrogen) atoms. The molecule has 0 aromatic rings. The van der Waals surface area contributed by atoms with E-state index in [1.807, 2.05) is 16.7 Å². The van der Waals surface area contributed by atoms with Gasteiger partial charge < -0.3 is 20.0 Å². The summed E-state index contributed by atoms with van der Waals surface area (Å²) in [5.41, 5.74) is 0. The summed E-state index contributed by atoms with van der Waals surface area (Å²) in [4.78, 5) is 42.4. The van der Waals surface area contributed by atoms with Crippen molar-refractivity contribution in [2.24, 2.45) is 5.92 Å². The monoisotopic (exact) mass is 403 g/mol. The quantitative estimate of drug-likeness (QED) is 0.730. The predicted octanol–water partition coefficient (Wildman–Crippen LogP) is 0.730. The summed E-state index contributed by atoms with van der Waals surface area (Å²) in [5.74, 6) is 0.441. The highest BCUT2D eigenvalue weighted by molar-refractivity contribution is 5.80. The normalized spacial score (nSPS) is 27.6.